The number of hydrogen-bond donors (Lipinski definition) is 1. The molecule has 102 valence electrons. The molecule has 1 N–H and O–H groups in total. The molecule has 0 aliphatic heterocycles. The fraction of sp³-hybridized carbons (Fsp3) is 0.588. The van der Waals surface area contributed by atoms with Crippen LogP contribution in [-0.2, 0) is 4.79 Å². The molecule has 0 radical (unpaired) electrons. The number of fused-ring (bicyclic) bond motifs is 2. The topological polar surface area (TPSA) is 29.1 Å². The highest BCUT2D eigenvalue weighted by Crippen LogP contribution is 2.81. The van der Waals surface area contributed by atoms with Crippen LogP contribution in [0.2, 0.25) is 0 Å². The molecule has 5 aliphatic rings. The van der Waals surface area contributed by atoms with Gasteiger partial charge in [-0.05, 0) is 60.1 Å². The van der Waals surface area contributed by atoms with E-state index in [0.29, 0.717) is 41.4 Å². The number of hydrogen-bond acceptors (Lipinski definition) is 2. The fourth-order valence-corrected chi connectivity index (χ4v) is 7.12. The molecule has 1 aromatic carbocycles. The van der Waals surface area contributed by atoms with Gasteiger partial charge in [0.2, 0.25) is 0 Å². The van der Waals surface area contributed by atoms with Crippen molar-refractivity contribution in [2.24, 2.45) is 47.3 Å². The van der Waals surface area contributed by atoms with Crippen LogP contribution in [0.4, 0.5) is 10.1 Å². The summed E-state index contributed by atoms with van der Waals surface area (Å²) in [5.41, 5.74) is 0.884. The molecule has 2 bridgehead atoms. The van der Waals surface area contributed by atoms with E-state index in [1.165, 1.54) is 12.5 Å². The maximum absolute atomic E-state index is 13.4. The number of carbonyl (C=O) groups is 1. The van der Waals surface area contributed by atoms with Gasteiger partial charge in [-0.2, -0.15) is 0 Å². The zero-order valence-electron chi connectivity index (χ0n) is 11.0. The smallest absolute Gasteiger partial charge is 0.140 e. The second-order valence-corrected chi connectivity index (χ2v) is 7.51. The zero-order chi connectivity index (χ0) is 13.2. The highest BCUT2D eigenvalue weighted by atomic mass is 19.1. The number of halogens is 1. The van der Waals surface area contributed by atoms with Gasteiger partial charge in [0.05, 0.1) is 0 Å². The van der Waals surface area contributed by atoms with Gasteiger partial charge in [0.25, 0.3) is 0 Å². The average Bonchev–Trinajstić information content (AvgIpc) is 2.90. The molecule has 0 aromatic heterocycles. The van der Waals surface area contributed by atoms with Crippen molar-refractivity contribution >= 4 is 11.5 Å². The van der Waals surface area contributed by atoms with Gasteiger partial charge in [-0.3, -0.25) is 4.79 Å². The Kier molecular flexibility index (Phi) is 1.53. The largest absolute Gasteiger partial charge is 0.382 e. The quantitative estimate of drug-likeness (QED) is 0.894. The van der Waals surface area contributed by atoms with E-state index >= 15 is 0 Å². The molecule has 0 heterocycles. The minimum atomic E-state index is -0.187. The van der Waals surface area contributed by atoms with Crippen LogP contribution < -0.4 is 5.32 Å². The van der Waals surface area contributed by atoms with Crippen LogP contribution in [0.3, 0.4) is 0 Å². The Balaban J connectivity index is 1.41. The molecule has 5 aliphatic carbocycles. The van der Waals surface area contributed by atoms with Crippen molar-refractivity contribution in [2.45, 2.75) is 12.5 Å². The first-order valence-electron chi connectivity index (χ1n) is 7.81. The molecule has 0 spiro atoms. The number of nitrogens with one attached hydrogen (secondary N) is 1. The monoisotopic (exact) mass is 269 g/mol. The van der Waals surface area contributed by atoms with Crippen molar-refractivity contribution in [2.75, 3.05) is 5.32 Å². The predicted molar refractivity (Wildman–Crippen MR) is 71.4 cm³/mol. The first-order valence-corrected chi connectivity index (χ1v) is 7.81. The highest BCUT2D eigenvalue weighted by Gasteiger charge is 2.83. The molecular weight excluding hydrogens is 253 g/mol. The molecule has 5 fully saturated rings. The Bertz CT molecular complexity index is 658. The fourth-order valence-electron chi connectivity index (χ4n) is 7.12. The van der Waals surface area contributed by atoms with Crippen molar-refractivity contribution in [1.82, 2.24) is 0 Å². The number of ketones is 1. The Hall–Kier alpha value is -1.38. The second-order valence-electron chi connectivity index (χ2n) is 7.51. The summed E-state index contributed by atoms with van der Waals surface area (Å²) in [4.78, 5) is 12.5. The van der Waals surface area contributed by atoms with Crippen LogP contribution in [0, 0.1) is 53.2 Å². The summed E-state index contributed by atoms with van der Waals surface area (Å²) in [5.74, 6) is 5.23. The Morgan fingerprint density at radius 3 is 2.80 bits per heavy atom. The molecule has 20 heavy (non-hydrogen) atoms. The second kappa shape index (κ2) is 2.95. The lowest BCUT2D eigenvalue weighted by Gasteiger charge is -2.46. The number of carbonyl (C=O) groups excluding carboxylic acids is 1. The summed E-state index contributed by atoms with van der Waals surface area (Å²) in [6, 6.07) is 7.18. The van der Waals surface area contributed by atoms with Crippen LogP contribution in [0.5, 0.6) is 0 Å². The van der Waals surface area contributed by atoms with Crippen molar-refractivity contribution in [1.29, 1.82) is 0 Å². The van der Waals surface area contributed by atoms with Gasteiger partial charge in [0, 0.05) is 23.6 Å². The summed E-state index contributed by atoms with van der Waals surface area (Å²) in [5, 5.41) is 3.59. The number of Topliss-reactive ketones (excluding diaryl/α,β-unsaturated/α-hetero) is 1. The molecule has 1 aromatic rings. The zero-order valence-corrected chi connectivity index (χ0v) is 11.0. The van der Waals surface area contributed by atoms with E-state index in [2.05, 4.69) is 5.32 Å². The Morgan fingerprint density at radius 1 is 1.05 bits per heavy atom. The lowest BCUT2D eigenvalue weighted by Crippen LogP contribution is -2.52. The van der Waals surface area contributed by atoms with Crippen LogP contribution in [0.25, 0.3) is 0 Å². The van der Waals surface area contributed by atoms with Crippen molar-refractivity contribution in [3.05, 3.63) is 30.1 Å². The standard InChI is InChI=1S/C17H16FNO/c18-6-2-1-3-7(4-6)19-16-12-8-5-9-11-10(8)14(16)15(11)17(20)13(9)12/h1-4,8-16,19H,5H2. The van der Waals surface area contributed by atoms with Crippen LogP contribution in [0.15, 0.2) is 24.3 Å². The van der Waals surface area contributed by atoms with E-state index in [1.54, 1.807) is 12.1 Å². The van der Waals surface area contributed by atoms with Crippen molar-refractivity contribution in [3.8, 4) is 0 Å². The highest BCUT2D eigenvalue weighted by molar-refractivity contribution is 5.91. The van der Waals surface area contributed by atoms with Crippen molar-refractivity contribution in [3.63, 3.8) is 0 Å². The maximum atomic E-state index is 13.4. The first-order chi connectivity index (χ1) is 9.75. The molecule has 3 heteroatoms. The van der Waals surface area contributed by atoms with Crippen LogP contribution >= 0.6 is 0 Å². The van der Waals surface area contributed by atoms with Gasteiger partial charge in [0.15, 0.2) is 0 Å². The van der Waals surface area contributed by atoms with Gasteiger partial charge in [-0.25, -0.2) is 4.39 Å². The van der Waals surface area contributed by atoms with E-state index in [9.17, 15) is 9.18 Å². The Labute approximate surface area is 116 Å². The molecule has 0 amide bonds. The third-order valence-electron chi connectivity index (χ3n) is 7.27. The molecule has 6 rings (SSSR count). The Morgan fingerprint density at radius 2 is 1.95 bits per heavy atom. The molecule has 9 atom stereocenters. The van der Waals surface area contributed by atoms with Gasteiger partial charge in [0.1, 0.15) is 11.6 Å². The van der Waals surface area contributed by atoms with Gasteiger partial charge in [-0.15, -0.1) is 0 Å². The number of rotatable bonds is 2. The normalized spacial score (nSPS) is 55.6. The SMILES string of the molecule is O=C1C2C3CC4C2C(Nc2cccc(F)c2)C2C1C3C42. The lowest BCUT2D eigenvalue weighted by atomic mass is 9.58. The molecule has 9 unspecified atom stereocenters. The third kappa shape index (κ3) is 0.861. The minimum Gasteiger partial charge on any atom is -0.382 e. The number of anilines is 1. The average molecular weight is 269 g/mol. The predicted octanol–water partition coefficient (Wildman–Crippen LogP) is 2.56. The van der Waals surface area contributed by atoms with Crippen LogP contribution in [0.1, 0.15) is 6.42 Å². The summed E-state index contributed by atoms with van der Waals surface area (Å²) < 4.78 is 13.4. The van der Waals surface area contributed by atoms with Gasteiger partial charge >= 0.3 is 0 Å². The molecule has 2 nitrogen and oxygen atoms in total. The van der Waals surface area contributed by atoms with E-state index in [1.807, 2.05) is 6.07 Å². The summed E-state index contributed by atoms with van der Waals surface area (Å²) in [7, 11) is 0. The summed E-state index contributed by atoms with van der Waals surface area (Å²) in [6.07, 6.45) is 1.30. The first kappa shape index (κ1) is 10.4. The van der Waals surface area contributed by atoms with Gasteiger partial charge in [-0.1, -0.05) is 6.07 Å². The van der Waals surface area contributed by atoms with Crippen molar-refractivity contribution < 1.29 is 9.18 Å². The molecular formula is C17H16FNO. The maximum Gasteiger partial charge on any atom is 0.140 e. The number of benzene rings is 1. The molecule has 5 saturated carbocycles. The lowest BCUT2D eigenvalue weighted by molar-refractivity contribution is -0.133. The summed E-state index contributed by atoms with van der Waals surface area (Å²) in [6.45, 7) is 0. The van der Waals surface area contributed by atoms with E-state index < -0.39 is 0 Å². The van der Waals surface area contributed by atoms with Gasteiger partial charge < -0.3 is 5.32 Å². The van der Waals surface area contributed by atoms with E-state index in [-0.39, 0.29) is 5.82 Å². The minimum absolute atomic E-state index is 0.187. The third-order valence-corrected chi connectivity index (χ3v) is 7.27. The van der Waals surface area contributed by atoms with E-state index in [0.717, 1.165) is 23.4 Å². The van der Waals surface area contributed by atoms with E-state index in [4.69, 9.17) is 0 Å². The van der Waals surface area contributed by atoms with Crippen LogP contribution in [-0.4, -0.2) is 11.8 Å². The molecule has 0 saturated heterocycles. The summed E-state index contributed by atoms with van der Waals surface area (Å²) >= 11 is 0.